The molecule has 7 heteroatoms. The standard InChI is InChI=1S/C14H24N6O/c1-12(11-21-2)17-14(18-15)20-9-7-19(8-10-20)13-5-3-4-6-16-13/h3-6,12H,7-11,15H2,1-2H3,(H,17,18). The number of nitrogens with zero attached hydrogens (tertiary/aromatic N) is 4. The summed E-state index contributed by atoms with van der Waals surface area (Å²) in [5.74, 6) is 7.34. The molecule has 1 fully saturated rings. The maximum absolute atomic E-state index is 5.60. The molecule has 3 N–H and O–H groups in total. The highest BCUT2D eigenvalue weighted by Crippen LogP contribution is 2.12. The van der Waals surface area contributed by atoms with E-state index in [1.54, 1.807) is 7.11 Å². The first-order valence-electron chi connectivity index (χ1n) is 7.19. The summed E-state index contributed by atoms with van der Waals surface area (Å²) in [5.41, 5.74) is 2.70. The SMILES string of the molecule is COCC(C)N=C(NN)N1CCN(c2ccccn2)CC1. The fourth-order valence-corrected chi connectivity index (χ4v) is 2.39. The summed E-state index contributed by atoms with van der Waals surface area (Å²) in [6.07, 6.45) is 1.82. The second-order valence-corrected chi connectivity index (χ2v) is 5.06. The van der Waals surface area contributed by atoms with E-state index in [-0.39, 0.29) is 6.04 Å². The van der Waals surface area contributed by atoms with Crippen LogP contribution in [0.4, 0.5) is 5.82 Å². The number of aromatic nitrogens is 1. The van der Waals surface area contributed by atoms with Crippen molar-refractivity contribution in [1.29, 1.82) is 0 Å². The zero-order chi connectivity index (χ0) is 15.1. The van der Waals surface area contributed by atoms with Gasteiger partial charge in [-0.2, -0.15) is 0 Å². The van der Waals surface area contributed by atoms with E-state index in [0.29, 0.717) is 6.61 Å². The van der Waals surface area contributed by atoms with Crippen LogP contribution in [0, 0.1) is 0 Å². The molecule has 21 heavy (non-hydrogen) atoms. The molecule has 0 spiro atoms. The van der Waals surface area contributed by atoms with Gasteiger partial charge in [-0.3, -0.25) is 5.43 Å². The van der Waals surface area contributed by atoms with E-state index in [2.05, 4.69) is 25.2 Å². The Hall–Kier alpha value is -1.86. The molecule has 1 aliphatic heterocycles. The number of pyridine rings is 1. The maximum Gasteiger partial charge on any atom is 0.208 e. The summed E-state index contributed by atoms with van der Waals surface area (Å²) in [4.78, 5) is 13.4. The first-order valence-corrected chi connectivity index (χ1v) is 7.19. The summed E-state index contributed by atoms with van der Waals surface area (Å²) in [6, 6.07) is 6.05. The van der Waals surface area contributed by atoms with Crippen molar-refractivity contribution in [2.24, 2.45) is 10.8 Å². The van der Waals surface area contributed by atoms with Gasteiger partial charge in [0.25, 0.3) is 0 Å². The van der Waals surface area contributed by atoms with Crippen LogP contribution in [0.3, 0.4) is 0 Å². The second-order valence-electron chi connectivity index (χ2n) is 5.06. The van der Waals surface area contributed by atoms with Crippen molar-refractivity contribution in [2.75, 3.05) is 44.8 Å². The monoisotopic (exact) mass is 292 g/mol. The molecule has 0 saturated carbocycles. The van der Waals surface area contributed by atoms with Gasteiger partial charge in [-0.05, 0) is 19.1 Å². The Bertz CT molecular complexity index is 444. The lowest BCUT2D eigenvalue weighted by molar-refractivity contribution is 0.185. The Morgan fingerprint density at radius 2 is 2.19 bits per heavy atom. The first-order chi connectivity index (χ1) is 10.2. The molecule has 1 aromatic heterocycles. The largest absolute Gasteiger partial charge is 0.382 e. The Morgan fingerprint density at radius 3 is 2.76 bits per heavy atom. The number of methoxy groups -OCH3 is 1. The topological polar surface area (TPSA) is 79.0 Å². The normalized spacial score (nSPS) is 17.8. The number of hydrazine groups is 1. The number of ether oxygens (including phenoxy) is 1. The van der Waals surface area contributed by atoms with Crippen LogP contribution in [0.25, 0.3) is 0 Å². The lowest BCUT2D eigenvalue weighted by atomic mass is 10.3. The van der Waals surface area contributed by atoms with Crippen LogP contribution in [-0.4, -0.2) is 61.8 Å². The molecule has 1 unspecified atom stereocenters. The molecule has 1 aliphatic rings. The molecular weight excluding hydrogens is 268 g/mol. The predicted molar refractivity (Wildman–Crippen MR) is 84.1 cm³/mol. The number of rotatable bonds is 4. The number of piperazine rings is 1. The first kappa shape index (κ1) is 15.5. The lowest BCUT2D eigenvalue weighted by Gasteiger charge is -2.36. The van der Waals surface area contributed by atoms with Crippen molar-refractivity contribution in [2.45, 2.75) is 13.0 Å². The third-order valence-electron chi connectivity index (χ3n) is 3.43. The van der Waals surface area contributed by atoms with Crippen molar-refractivity contribution in [3.05, 3.63) is 24.4 Å². The van der Waals surface area contributed by atoms with Crippen molar-refractivity contribution in [1.82, 2.24) is 15.3 Å². The molecule has 7 nitrogen and oxygen atoms in total. The Kier molecular flexibility index (Phi) is 5.77. The summed E-state index contributed by atoms with van der Waals surface area (Å²) < 4.78 is 5.10. The van der Waals surface area contributed by atoms with Crippen LogP contribution in [0.5, 0.6) is 0 Å². The number of anilines is 1. The Balaban J connectivity index is 1.93. The Labute approximate surface area is 125 Å². The zero-order valence-corrected chi connectivity index (χ0v) is 12.7. The summed E-state index contributed by atoms with van der Waals surface area (Å²) in [6.45, 7) is 6.11. The fourth-order valence-electron chi connectivity index (χ4n) is 2.39. The molecular formula is C14H24N6O. The number of aliphatic imine (C=N–C) groups is 1. The van der Waals surface area contributed by atoms with Gasteiger partial charge in [0, 0.05) is 39.5 Å². The van der Waals surface area contributed by atoms with E-state index in [4.69, 9.17) is 10.6 Å². The van der Waals surface area contributed by atoms with E-state index >= 15 is 0 Å². The van der Waals surface area contributed by atoms with E-state index in [1.165, 1.54) is 0 Å². The van der Waals surface area contributed by atoms with Gasteiger partial charge in [-0.25, -0.2) is 15.8 Å². The number of nitrogens with two attached hydrogens (primary N) is 1. The van der Waals surface area contributed by atoms with Gasteiger partial charge in [-0.15, -0.1) is 0 Å². The van der Waals surface area contributed by atoms with Crippen LogP contribution in [0.15, 0.2) is 29.4 Å². The minimum absolute atomic E-state index is 0.0786. The average Bonchev–Trinajstić information content (AvgIpc) is 2.54. The minimum atomic E-state index is 0.0786. The van der Waals surface area contributed by atoms with Crippen molar-refractivity contribution in [3.8, 4) is 0 Å². The van der Waals surface area contributed by atoms with Crippen LogP contribution < -0.4 is 16.2 Å². The summed E-state index contributed by atoms with van der Waals surface area (Å²) >= 11 is 0. The third-order valence-corrected chi connectivity index (χ3v) is 3.43. The molecule has 2 heterocycles. The molecule has 0 aliphatic carbocycles. The number of hydrogen-bond acceptors (Lipinski definition) is 5. The molecule has 0 amide bonds. The highest BCUT2D eigenvalue weighted by Gasteiger charge is 2.20. The summed E-state index contributed by atoms with van der Waals surface area (Å²) in [7, 11) is 1.67. The molecule has 1 saturated heterocycles. The number of nitrogens with one attached hydrogen (secondary N) is 1. The van der Waals surface area contributed by atoms with Crippen LogP contribution in [0.1, 0.15) is 6.92 Å². The maximum atomic E-state index is 5.60. The molecule has 0 radical (unpaired) electrons. The van der Waals surface area contributed by atoms with Crippen LogP contribution in [-0.2, 0) is 4.74 Å². The van der Waals surface area contributed by atoms with E-state index < -0.39 is 0 Å². The smallest absolute Gasteiger partial charge is 0.208 e. The second kappa shape index (κ2) is 7.80. The van der Waals surface area contributed by atoms with Gasteiger partial charge < -0.3 is 14.5 Å². The quantitative estimate of drug-likeness (QED) is 0.353. The van der Waals surface area contributed by atoms with Crippen molar-refractivity contribution in [3.63, 3.8) is 0 Å². The van der Waals surface area contributed by atoms with E-state index in [9.17, 15) is 0 Å². The van der Waals surface area contributed by atoms with E-state index in [1.807, 2.05) is 31.3 Å². The van der Waals surface area contributed by atoms with Gasteiger partial charge in [-0.1, -0.05) is 6.07 Å². The van der Waals surface area contributed by atoms with Gasteiger partial charge in [0.2, 0.25) is 5.96 Å². The predicted octanol–water partition coefficient (Wildman–Crippen LogP) is 0.0578. The highest BCUT2D eigenvalue weighted by atomic mass is 16.5. The van der Waals surface area contributed by atoms with E-state index in [0.717, 1.165) is 38.0 Å². The van der Waals surface area contributed by atoms with Gasteiger partial charge in [0.15, 0.2) is 0 Å². The zero-order valence-electron chi connectivity index (χ0n) is 12.7. The third kappa shape index (κ3) is 4.30. The number of hydrogen-bond donors (Lipinski definition) is 2. The molecule has 1 aromatic rings. The molecule has 1 atom stereocenters. The fraction of sp³-hybridized carbons (Fsp3) is 0.571. The van der Waals surface area contributed by atoms with Gasteiger partial charge >= 0.3 is 0 Å². The van der Waals surface area contributed by atoms with Crippen LogP contribution >= 0.6 is 0 Å². The van der Waals surface area contributed by atoms with Crippen molar-refractivity contribution >= 4 is 11.8 Å². The summed E-state index contributed by atoms with van der Waals surface area (Å²) in [5, 5.41) is 0. The highest BCUT2D eigenvalue weighted by molar-refractivity contribution is 5.79. The van der Waals surface area contributed by atoms with Crippen molar-refractivity contribution < 1.29 is 4.74 Å². The number of guanidine groups is 1. The minimum Gasteiger partial charge on any atom is -0.382 e. The Morgan fingerprint density at radius 1 is 1.43 bits per heavy atom. The molecule has 0 aromatic carbocycles. The average molecular weight is 292 g/mol. The van der Waals surface area contributed by atoms with Gasteiger partial charge in [0.1, 0.15) is 5.82 Å². The molecule has 116 valence electrons. The van der Waals surface area contributed by atoms with Crippen LogP contribution in [0.2, 0.25) is 0 Å². The molecule has 2 rings (SSSR count). The lowest BCUT2D eigenvalue weighted by Crippen LogP contribution is -2.54. The molecule has 0 bridgehead atoms. The van der Waals surface area contributed by atoms with Gasteiger partial charge in [0.05, 0.1) is 12.6 Å².